The van der Waals surface area contributed by atoms with Crippen molar-refractivity contribution in [3.05, 3.63) is 65.6 Å². The van der Waals surface area contributed by atoms with Gasteiger partial charge in [-0.25, -0.2) is 0 Å². The molecule has 0 fully saturated rings. The van der Waals surface area contributed by atoms with Crippen LogP contribution in [0.5, 0.6) is 0 Å². The van der Waals surface area contributed by atoms with E-state index in [0.29, 0.717) is 5.76 Å². The molecule has 1 amide bonds. The Labute approximate surface area is 119 Å². The van der Waals surface area contributed by atoms with Crippen LogP contribution in [0.2, 0.25) is 0 Å². The molecule has 0 spiro atoms. The van der Waals surface area contributed by atoms with Gasteiger partial charge in [-0.15, -0.1) is 0 Å². The minimum Gasteiger partial charge on any atom is -0.465 e. The number of halogens is 3. The molecule has 2 aromatic rings. The molecule has 0 saturated heterocycles. The second-order valence-corrected chi connectivity index (χ2v) is 4.22. The largest absolute Gasteiger partial charge is 0.465 e. The third kappa shape index (κ3) is 4.24. The van der Waals surface area contributed by atoms with Gasteiger partial charge < -0.3 is 9.73 Å². The summed E-state index contributed by atoms with van der Waals surface area (Å²) >= 11 is 0. The molecule has 0 aliphatic heterocycles. The molecule has 0 unspecified atom stereocenters. The Kier molecular flexibility index (Phi) is 4.47. The van der Waals surface area contributed by atoms with Crippen LogP contribution in [0.15, 0.2) is 53.2 Å². The Morgan fingerprint density at radius 2 is 1.95 bits per heavy atom. The van der Waals surface area contributed by atoms with Crippen molar-refractivity contribution in [1.29, 1.82) is 0 Å². The molecule has 110 valence electrons. The minimum absolute atomic E-state index is 0.0183. The van der Waals surface area contributed by atoms with Crippen molar-refractivity contribution in [1.82, 2.24) is 5.32 Å². The first kappa shape index (κ1) is 14.9. The SMILES string of the molecule is O=C(/C=C/c1ccco1)NCc1ccccc1C(F)(F)F. The first-order valence-electron chi connectivity index (χ1n) is 6.11. The number of hydrogen-bond acceptors (Lipinski definition) is 2. The Morgan fingerprint density at radius 1 is 1.19 bits per heavy atom. The molecule has 2 rings (SSSR count). The molecule has 1 heterocycles. The number of furan rings is 1. The lowest BCUT2D eigenvalue weighted by molar-refractivity contribution is -0.138. The highest BCUT2D eigenvalue weighted by Gasteiger charge is 2.32. The number of amides is 1. The average Bonchev–Trinajstić information content (AvgIpc) is 2.95. The molecule has 0 bridgehead atoms. The molecule has 0 aliphatic carbocycles. The van der Waals surface area contributed by atoms with E-state index in [9.17, 15) is 18.0 Å². The predicted octanol–water partition coefficient (Wildman–Crippen LogP) is 3.63. The average molecular weight is 295 g/mol. The van der Waals surface area contributed by atoms with Gasteiger partial charge in [-0.3, -0.25) is 4.79 Å². The van der Waals surface area contributed by atoms with Crippen LogP contribution in [-0.4, -0.2) is 5.91 Å². The van der Waals surface area contributed by atoms with E-state index in [2.05, 4.69) is 5.32 Å². The third-order valence-corrected chi connectivity index (χ3v) is 2.72. The summed E-state index contributed by atoms with van der Waals surface area (Å²) in [6, 6.07) is 8.44. The first-order chi connectivity index (χ1) is 9.97. The van der Waals surface area contributed by atoms with Gasteiger partial charge in [0.05, 0.1) is 11.8 Å². The van der Waals surface area contributed by atoms with Crippen molar-refractivity contribution in [2.75, 3.05) is 0 Å². The van der Waals surface area contributed by atoms with Crippen molar-refractivity contribution < 1.29 is 22.4 Å². The molecule has 21 heavy (non-hydrogen) atoms. The predicted molar refractivity (Wildman–Crippen MR) is 71.0 cm³/mol. The van der Waals surface area contributed by atoms with E-state index in [1.165, 1.54) is 36.6 Å². The monoisotopic (exact) mass is 295 g/mol. The zero-order chi connectivity index (χ0) is 15.3. The Hall–Kier alpha value is -2.50. The summed E-state index contributed by atoms with van der Waals surface area (Å²) in [6.45, 7) is -0.197. The smallest absolute Gasteiger partial charge is 0.416 e. The Bertz CT molecular complexity index is 631. The van der Waals surface area contributed by atoms with E-state index >= 15 is 0 Å². The molecule has 1 aromatic carbocycles. The molecule has 1 aromatic heterocycles. The molecule has 6 heteroatoms. The van der Waals surface area contributed by atoms with Crippen LogP contribution < -0.4 is 5.32 Å². The van der Waals surface area contributed by atoms with Crippen LogP contribution in [0.25, 0.3) is 6.08 Å². The number of benzene rings is 1. The van der Waals surface area contributed by atoms with Crippen molar-refractivity contribution in [2.45, 2.75) is 12.7 Å². The van der Waals surface area contributed by atoms with Crippen LogP contribution in [0, 0.1) is 0 Å². The van der Waals surface area contributed by atoms with Crippen LogP contribution in [-0.2, 0) is 17.5 Å². The van der Waals surface area contributed by atoms with Gasteiger partial charge in [0.15, 0.2) is 0 Å². The lowest BCUT2D eigenvalue weighted by Crippen LogP contribution is -2.22. The highest BCUT2D eigenvalue weighted by Crippen LogP contribution is 2.31. The normalized spacial score (nSPS) is 11.8. The minimum atomic E-state index is -4.44. The molecule has 0 atom stereocenters. The fourth-order valence-electron chi connectivity index (χ4n) is 1.74. The van der Waals surface area contributed by atoms with Crippen molar-refractivity contribution in [3.8, 4) is 0 Å². The maximum absolute atomic E-state index is 12.8. The molecule has 0 aliphatic rings. The summed E-state index contributed by atoms with van der Waals surface area (Å²) in [5.74, 6) is -0.00998. The summed E-state index contributed by atoms with van der Waals surface area (Å²) in [5.41, 5.74) is -0.731. The van der Waals surface area contributed by atoms with E-state index in [0.717, 1.165) is 6.07 Å². The standard InChI is InChI=1S/C15H12F3NO2/c16-15(17,18)13-6-2-1-4-11(13)10-19-14(20)8-7-12-5-3-9-21-12/h1-9H,10H2,(H,19,20)/b8-7+. The van der Waals surface area contributed by atoms with Crippen molar-refractivity contribution >= 4 is 12.0 Å². The van der Waals surface area contributed by atoms with Crippen molar-refractivity contribution in [2.24, 2.45) is 0 Å². The van der Waals surface area contributed by atoms with Crippen molar-refractivity contribution in [3.63, 3.8) is 0 Å². The van der Waals surface area contributed by atoms with Gasteiger partial charge >= 0.3 is 6.18 Å². The quantitative estimate of drug-likeness (QED) is 0.875. The number of hydrogen-bond donors (Lipinski definition) is 1. The fraction of sp³-hybridized carbons (Fsp3) is 0.133. The van der Waals surface area contributed by atoms with Gasteiger partial charge in [-0.05, 0) is 29.8 Å². The zero-order valence-electron chi connectivity index (χ0n) is 10.9. The van der Waals surface area contributed by atoms with Gasteiger partial charge in [0.25, 0.3) is 0 Å². The molecular formula is C15H12F3NO2. The van der Waals surface area contributed by atoms with Crippen LogP contribution in [0.1, 0.15) is 16.9 Å². The second kappa shape index (κ2) is 6.30. The zero-order valence-corrected chi connectivity index (χ0v) is 10.9. The lowest BCUT2D eigenvalue weighted by atomic mass is 10.1. The van der Waals surface area contributed by atoms with Gasteiger partial charge in [0.1, 0.15) is 5.76 Å². The molecule has 0 radical (unpaired) electrons. The summed E-state index contributed by atoms with van der Waals surface area (Å²) in [6.07, 6.45) is -0.345. The highest BCUT2D eigenvalue weighted by atomic mass is 19.4. The van der Waals surface area contributed by atoms with Crippen LogP contribution in [0.4, 0.5) is 13.2 Å². The van der Waals surface area contributed by atoms with Gasteiger partial charge in [0.2, 0.25) is 5.91 Å². The van der Waals surface area contributed by atoms with Gasteiger partial charge in [-0.1, -0.05) is 18.2 Å². The molecule has 3 nitrogen and oxygen atoms in total. The van der Waals surface area contributed by atoms with E-state index in [1.54, 1.807) is 12.1 Å². The molecular weight excluding hydrogens is 283 g/mol. The molecule has 0 saturated carbocycles. The van der Waals surface area contributed by atoms with Crippen LogP contribution >= 0.6 is 0 Å². The van der Waals surface area contributed by atoms with Crippen LogP contribution in [0.3, 0.4) is 0 Å². The number of carbonyl (C=O) groups excluding carboxylic acids is 1. The topological polar surface area (TPSA) is 42.2 Å². The Balaban J connectivity index is 1.99. The number of carbonyl (C=O) groups is 1. The first-order valence-corrected chi connectivity index (χ1v) is 6.11. The Morgan fingerprint density at radius 3 is 2.62 bits per heavy atom. The highest BCUT2D eigenvalue weighted by molar-refractivity contribution is 5.91. The van der Waals surface area contributed by atoms with E-state index < -0.39 is 17.6 Å². The maximum Gasteiger partial charge on any atom is 0.416 e. The summed E-state index contributed by atoms with van der Waals surface area (Å²) in [4.78, 5) is 11.6. The van der Waals surface area contributed by atoms with E-state index in [4.69, 9.17) is 4.42 Å². The van der Waals surface area contributed by atoms with E-state index in [-0.39, 0.29) is 12.1 Å². The summed E-state index contributed by atoms with van der Waals surface area (Å²) in [5, 5.41) is 2.41. The van der Waals surface area contributed by atoms with E-state index in [1.807, 2.05) is 0 Å². The van der Waals surface area contributed by atoms with Gasteiger partial charge in [0, 0.05) is 12.6 Å². The molecule has 1 N–H and O–H groups in total. The third-order valence-electron chi connectivity index (χ3n) is 2.72. The number of alkyl halides is 3. The second-order valence-electron chi connectivity index (χ2n) is 4.22. The summed E-state index contributed by atoms with van der Waals surface area (Å²) in [7, 11) is 0. The lowest BCUT2D eigenvalue weighted by Gasteiger charge is -2.12. The summed E-state index contributed by atoms with van der Waals surface area (Å²) < 4.78 is 43.3. The number of rotatable bonds is 4. The maximum atomic E-state index is 12.8. The fourth-order valence-corrected chi connectivity index (χ4v) is 1.74. The van der Waals surface area contributed by atoms with Gasteiger partial charge in [-0.2, -0.15) is 13.2 Å². The number of nitrogens with one attached hydrogen (secondary N) is 1.